The Kier molecular flexibility index (Phi) is 8.94. The Balaban J connectivity index is 1.56. The maximum absolute atomic E-state index is 14.4. The molecule has 1 N–H and O–H groups in total. The Morgan fingerprint density at radius 1 is 0.894 bits per heavy atom. The molecular formula is C36H33ClF3N3O4. The number of amides is 1. The van der Waals surface area contributed by atoms with Gasteiger partial charge in [0.15, 0.2) is 0 Å². The number of rotatable bonds is 8. The van der Waals surface area contributed by atoms with Crippen molar-refractivity contribution in [1.82, 2.24) is 14.9 Å². The van der Waals surface area contributed by atoms with E-state index in [2.05, 4.69) is 9.97 Å². The highest BCUT2D eigenvalue weighted by molar-refractivity contribution is 6.31. The second kappa shape index (κ2) is 12.5. The second-order valence-electron chi connectivity index (χ2n) is 12.2. The van der Waals surface area contributed by atoms with Crippen molar-refractivity contribution in [1.29, 1.82) is 0 Å². The highest BCUT2D eigenvalue weighted by Crippen LogP contribution is 2.34. The fourth-order valence-electron chi connectivity index (χ4n) is 5.28. The second-order valence-corrected chi connectivity index (χ2v) is 12.6. The van der Waals surface area contributed by atoms with Crippen molar-refractivity contribution < 1.29 is 32.3 Å². The molecule has 0 radical (unpaired) electrons. The number of carbonyl (C=O) groups excluding carboxylic acids is 1. The first-order valence-corrected chi connectivity index (χ1v) is 15.2. The third-order valence-electron chi connectivity index (χ3n) is 8.54. The lowest BCUT2D eigenvalue weighted by molar-refractivity contribution is -0.153. The van der Waals surface area contributed by atoms with Gasteiger partial charge in [0.25, 0.3) is 5.91 Å². The van der Waals surface area contributed by atoms with Gasteiger partial charge >= 0.3 is 12.1 Å². The van der Waals surface area contributed by atoms with E-state index in [4.69, 9.17) is 16.0 Å². The zero-order valence-electron chi connectivity index (χ0n) is 26.7. The molecule has 7 nitrogen and oxygen atoms in total. The summed E-state index contributed by atoms with van der Waals surface area (Å²) >= 11 is 6.78. The summed E-state index contributed by atoms with van der Waals surface area (Å²) in [5, 5.41) is 10.0. The third-order valence-corrected chi connectivity index (χ3v) is 8.90. The molecule has 0 unspecified atom stereocenters. The lowest BCUT2D eigenvalue weighted by atomic mass is 9.83. The maximum Gasteiger partial charge on any atom is 0.449 e. The van der Waals surface area contributed by atoms with E-state index in [1.54, 1.807) is 64.1 Å². The molecule has 0 saturated heterocycles. The summed E-state index contributed by atoms with van der Waals surface area (Å²) in [6, 6.07) is 16.3. The number of alkyl halides is 3. The van der Waals surface area contributed by atoms with Crippen LogP contribution < -0.4 is 0 Å². The van der Waals surface area contributed by atoms with Gasteiger partial charge in [0, 0.05) is 23.0 Å². The van der Waals surface area contributed by atoms with Gasteiger partial charge in [-0.05, 0) is 99.2 Å². The van der Waals surface area contributed by atoms with Crippen LogP contribution in [0, 0.1) is 27.7 Å². The number of carbonyl (C=O) groups is 2. The lowest BCUT2D eigenvalue weighted by Gasteiger charge is -2.25. The molecule has 47 heavy (non-hydrogen) atoms. The number of carboxylic acids is 1. The van der Waals surface area contributed by atoms with Crippen LogP contribution >= 0.6 is 11.6 Å². The van der Waals surface area contributed by atoms with Gasteiger partial charge in [-0.25, -0.2) is 0 Å². The number of aryl methyl sites for hydroxylation is 3. The number of aliphatic carboxylic acids is 1. The number of carboxylic acid groups (broad SMARTS) is 1. The largest absolute Gasteiger partial charge is 0.481 e. The van der Waals surface area contributed by atoms with Crippen LogP contribution in [0.15, 0.2) is 65.1 Å². The Hall–Kier alpha value is -4.70. The van der Waals surface area contributed by atoms with E-state index in [1.165, 1.54) is 11.0 Å². The van der Waals surface area contributed by atoms with E-state index >= 15 is 0 Å². The molecule has 0 fully saturated rings. The third kappa shape index (κ3) is 6.74. The van der Waals surface area contributed by atoms with Gasteiger partial charge in [0.2, 0.25) is 5.76 Å². The van der Waals surface area contributed by atoms with Crippen LogP contribution in [-0.4, -0.2) is 31.9 Å². The number of pyridine rings is 2. The van der Waals surface area contributed by atoms with E-state index in [1.807, 2.05) is 26.0 Å². The van der Waals surface area contributed by atoms with E-state index in [9.17, 15) is 27.9 Å². The predicted molar refractivity (Wildman–Crippen MR) is 173 cm³/mol. The standard InChI is InChI=1S/C36H33ClF3N3O4/c1-19-14-29-32(42-21(19)3)31(20(2)22(4)41-29)33(44)43(18-27-12-13-30(47-27)36(38,39)40)17-25-11-10-24(16-28(25)37)23-8-7-9-26(15-23)35(5,6)34(45)46/h7-16H,17-18H2,1-6H3,(H,45,46). The van der Waals surface area contributed by atoms with E-state index in [0.717, 1.165) is 28.5 Å². The SMILES string of the molecule is Cc1cc2nc(C)c(C)c(C(=O)N(Cc3ccc(C(F)(F)F)o3)Cc3ccc(-c4cccc(C(C)(C)C(=O)O)c4)cc3Cl)c2nc1C. The lowest BCUT2D eigenvalue weighted by Crippen LogP contribution is -2.31. The fraction of sp³-hybridized carbons (Fsp3) is 0.278. The van der Waals surface area contributed by atoms with Crippen LogP contribution in [0.5, 0.6) is 0 Å². The fourth-order valence-corrected chi connectivity index (χ4v) is 5.52. The topological polar surface area (TPSA) is 96.5 Å². The molecule has 3 aromatic heterocycles. The van der Waals surface area contributed by atoms with Crippen molar-refractivity contribution >= 4 is 34.5 Å². The van der Waals surface area contributed by atoms with Crippen LogP contribution in [0.25, 0.3) is 22.2 Å². The molecule has 1 amide bonds. The van der Waals surface area contributed by atoms with E-state index in [0.29, 0.717) is 44.0 Å². The molecule has 0 atom stereocenters. The molecule has 11 heteroatoms. The Morgan fingerprint density at radius 3 is 2.23 bits per heavy atom. The van der Waals surface area contributed by atoms with Crippen molar-refractivity contribution in [3.05, 3.63) is 116 Å². The van der Waals surface area contributed by atoms with Crippen LogP contribution in [0.3, 0.4) is 0 Å². The van der Waals surface area contributed by atoms with E-state index in [-0.39, 0.29) is 18.8 Å². The molecule has 0 saturated carbocycles. The Bertz CT molecular complexity index is 2030. The summed E-state index contributed by atoms with van der Waals surface area (Å²) in [5.41, 5.74) is 5.60. The highest BCUT2D eigenvalue weighted by Gasteiger charge is 2.35. The molecule has 3 heterocycles. The number of furan rings is 1. The van der Waals surface area contributed by atoms with Crippen molar-refractivity contribution in [2.24, 2.45) is 0 Å². The molecule has 5 aromatic rings. The number of fused-ring (bicyclic) bond motifs is 1. The summed E-state index contributed by atoms with van der Waals surface area (Å²) in [4.78, 5) is 37.0. The van der Waals surface area contributed by atoms with Crippen LogP contribution in [0.2, 0.25) is 5.02 Å². The number of hydrogen-bond donors (Lipinski definition) is 1. The number of nitrogens with zero attached hydrogens (tertiary/aromatic N) is 3. The van der Waals surface area contributed by atoms with Crippen LogP contribution in [0.4, 0.5) is 13.2 Å². The van der Waals surface area contributed by atoms with Crippen molar-refractivity contribution in [2.45, 2.75) is 66.2 Å². The molecule has 0 aliphatic carbocycles. The average Bonchev–Trinajstić information content (AvgIpc) is 3.49. The van der Waals surface area contributed by atoms with Gasteiger partial charge < -0.3 is 14.4 Å². The Morgan fingerprint density at radius 2 is 1.60 bits per heavy atom. The monoisotopic (exact) mass is 663 g/mol. The van der Waals surface area contributed by atoms with E-state index < -0.39 is 29.2 Å². The summed E-state index contributed by atoms with van der Waals surface area (Å²) in [6.07, 6.45) is -4.68. The zero-order valence-corrected chi connectivity index (χ0v) is 27.5. The van der Waals surface area contributed by atoms with Gasteiger partial charge in [-0.3, -0.25) is 19.6 Å². The Labute approximate surface area is 275 Å². The minimum atomic E-state index is -4.68. The summed E-state index contributed by atoms with van der Waals surface area (Å²) in [6.45, 7) is 10.2. The first-order valence-electron chi connectivity index (χ1n) is 14.8. The quantitative estimate of drug-likeness (QED) is 0.178. The predicted octanol–water partition coefficient (Wildman–Crippen LogP) is 9.00. The molecule has 0 aliphatic rings. The minimum Gasteiger partial charge on any atom is -0.481 e. The smallest absolute Gasteiger partial charge is 0.449 e. The molecule has 2 aromatic carbocycles. The molecule has 0 aliphatic heterocycles. The number of halogens is 4. The van der Waals surface area contributed by atoms with Gasteiger partial charge in [-0.2, -0.15) is 13.2 Å². The van der Waals surface area contributed by atoms with Crippen molar-refractivity contribution in [3.8, 4) is 11.1 Å². The molecule has 5 rings (SSSR count). The highest BCUT2D eigenvalue weighted by atomic mass is 35.5. The summed E-state index contributed by atoms with van der Waals surface area (Å²) in [7, 11) is 0. The number of benzene rings is 2. The molecular weight excluding hydrogens is 631 g/mol. The number of hydrogen-bond acceptors (Lipinski definition) is 5. The maximum atomic E-state index is 14.4. The average molecular weight is 664 g/mol. The van der Waals surface area contributed by atoms with Gasteiger partial charge in [-0.1, -0.05) is 48.0 Å². The van der Waals surface area contributed by atoms with Crippen LogP contribution in [0.1, 0.15) is 69.4 Å². The van der Waals surface area contributed by atoms with Crippen LogP contribution in [-0.2, 0) is 29.5 Å². The van der Waals surface area contributed by atoms with Gasteiger partial charge in [0.05, 0.1) is 23.0 Å². The first kappa shape index (κ1) is 33.7. The molecule has 0 spiro atoms. The summed E-state index contributed by atoms with van der Waals surface area (Å²) < 4.78 is 45.2. The zero-order chi connectivity index (χ0) is 34.4. The first-order chi connectivity index (χ1) is 22.0. The summed E-state index contributed by atoms with van der Waals surface area (Å²) in [5.74, 6) is -2.64. The van der Waals surface area contributed by atoms with Gasteiger partial charge in [0.1, 0.15) is 11.3 Å². The van der Waals surface area contributed by atoms with Crippen molar-refractivity contribution in [2.75, 3.05) is 0 Å². The molecule has 0 bridgehead atoms. The van der Waals surface area contributed by atoms with Gasteiger partial charge in [-0.15, -0.1) is 0 Å². The normalized spacial score (nSPS) is 12.0. The van der Waals surface area contributed by atoms with Crippen molar-refractivity contribution in [3.63, 3.8) is 0 Å². The number of aromatic nitrogens is 2. The molecule has 244 valence electrons. The minimum absolute atomic E-state index is 0.0519.